The maximum atomic E-state index is 11.6. The number of carbonyl (C=O) groups is 1. The average molecular weight is 212 g/mol. The first-order valence-electron chi connectivity index (χ1n) is 5.91. The van der Waals surface area contributed by atoms with Crippen molar-refractivity contribution in [3.05, 3.63) is 0 Å². The summed E-state index contributed by atoms with van der Waals surface area (Å²) in [5.74, 6) is 0.792. The number of hydrogen-bond donors (Lipinski definition) is 1. The highest BCUT2D eigenvalue weighted by atomic mass is 16.5. The fourth-order valence-electron chi connectivity index (χ4n) is 2.47. The molecule has 2 aliphatic heterocycles. The van der Waals surface area contributed by atoms with Crippen molar-refractivity contribution in [3.8, 4) is 0 Å². The molecule has 0 aliphatic carbocycles. The molecular formula is C11H20N2O2. The van der Waals surface area contributed by atoms with Crippen LogP contribution in [0.3, 0.4) is 0 Å². The number of carbonyl (C=O) groups excluding carboxylic acids is 1. The quantitative estimate of drug-likeness (QED) is 0.728. The van der Waals surface area contributed by atoms with Crippen LogP contribution in [0, 0.1) is 5.92 Å². The van der Waals surface area contributed by atoms with E-state index in [1.807, 2.05) is 4.90 Å². The first kappa shape index (κ1) is 10.9. The van der Waals surface area contributed by atoms with Gasteiger partial charge in [-0.25, -0.2) is 0 Å². The predicted octanol–water partition coefficient (Wildman–Crippen LogP) is 0.233. The summed E-state index contributed by atoms with van der Waals surface area (Å²) in [6, 6.07) is 0. The first-order chi connectivity index (χ1) is 7.31. The second-order valence-corrected chi connectivity index (χ2v) is 4.38. The zero-order valence-corrected chi connectivity index (χ0v) is 9.37. The summed E-state index contributed by atoms with van der Waals surface area (Å²) in [6.45, 7) is 6.19. The Balaban J connectivity index is 1.86. The Bertz CT molecular complexity index is 233. The SMILES string of the molecule is CCC1OCCC1CN1CCNCC1=O. The van der Waals surface area contributed by atoms with Gasteiger partial charge >= 0.3 is 0 Å². The molecule has 2 aliphatic rings. The zero-order valence-electron chi connectivity index (χ0n) is 9.37. The van der Waals surface area contributed by atoms with Crippen molar-refractivity contribution in [2.24, 2.45) is 5.92 Å². The van der Waals surface area contributed by atoms with Gasteiger partial charge < -0.3 is 15.0 Å². The third-order valence-corrected chi connectivity index (χ3v) is 3.39. The van der Waals surface area contributed by atoms with Gasteiger partial charge in [0, 0.05) is 32.2 Å². The molecule has 1 amide bonds. The topological polar surface area (TPSA) is 41.6 Å². The number of nitrogens with zero attached hydrogens (tertiary/aromatic N) is 1. The molecule has 0 bridgehead atoms. The van der Waals surface area contributed by atoms with E-state index >= 15 is 0 Å². The largest absolute Gasteiger partial charge is 0.378 e. The van der Waals surface area contributed by atoms with E-state index in [2.05, 4.69) is 12.2 Å². The third kappa shape index (κ3) is 2.49. The zero-order chi connectivity index (χ0) is 10.7. The normalized spacial score (nSPS) is 32.3. The van der Waals surface area contributed by atoms with Crippen LogP contribution >= 0.6 is 0 Å². The maximum absolute atomic E-state index is 11.6. The summed E-state index contributed by atoms with van der Waals surface area (Å²) in [4.78, 5) is 13.6. The molecule has 2 fully saturated rings. The van der Waals surface area contributed by atoms with Crippen LogP contribution in [0.25, 0.3) is 0 Å². The molecule has 15 heavy (non-hydrogen) atoms. The van der Waals surface area contributed by atoms with E-state index in [4.69, 9.17) is 4.74 Å². The number of piperazine rings is 1. The lowest BCUT2D eigenvalue weighted by Crippen LogP contribution is -2.50. The second-order valence-electron chi connectivity index (χ2n) is 4.38. The molecule has 1 N–H and O–H groups in total. The van der Waals surface area contributed by atoms with Gasteiger partial charge in [0.15, 0.2) is 0 Å². The number of amides is 1. The number of rotatable bonds is 3. The number of nitrogens with one attached hydrogen (secondary N) is 1. The van der Waals surface area contributed by atoms with Crippen LogP contribution in [0.15, 0.2) is 0 Å². The van der Waals surface area contributed by atoms with Crippen molar-refractivity contribution in [3.63, 3.8) is 0 Å². The monoisotopic (exact) mass is 212 g/mol. The van der Waals surface area contributed by atoms with Crippen LogP contribution in [0.2, 0.25) is 0 Å². The molecule has 0 radical (unpaired) electrons. The number of ether oxygens (including phenoxy) is 1. The van der Waals surface area contributed by atoms with Gasteiger partial charge in [0.2, 0.25) is 5.91 Å². The molecule has 86 valence electrons. The van der Waals surface area contributed by atoms with Crippen LogP contribution in [0.1, 0.15) is 19.8 Å². The molecular weight excluding hydrogens is 192 g/mol. The van der Waals surface area contributed by atoms with Crippen molar-refractivity contribution < 1.29 is 9.53 Å². The summed E-state index contributed by atoms with van der Waals surface area (Å²) >= 11 is 0. The fraction of sp³-hybridized carbons (Fsp3) is 0.909. The standard InChI is InChI=1S/C11H20N2O2/c1-2-10-9(3-6-15-10)8-13-5-4-12-7-11(13)14/h9-10,12H,2-8H2,1H3. The average Bonchev–Trinajstić information content (AvgIpc) is 2.69. The fourth-order valence-corrected chi connectivity index (χ4v) is 2.47. The summed E-state index contributed by atoms with van der Waals surface area (Å²) in [5.41, 5.74) is 0. The van der Waals surface area contributed by atoms with Gasteiger partial charge in [-0.3, -0.25) is 4.79 Å². The molecule has 2 unspecified atom stereocenters. The number of hydrogen-bond acceptors (Lipinski definition) is 3. The highest BCUT2D eigenvalue weighted by Gasteiger charge is 2.30. The van der Waals surface area contributed by atoms with Crippen LogP contribution in [0.4, 0.5) is 0 Å². The predicted molar refractivity (Wildman–Crippen MR) is 57.6 cm³/mol. The molecule has 0 aromatic heterocycles. The lowest BCUT2D eigenvalue weighted by atomic mass is 9.98. The van der Waals surface area contributed by atoms with E-state index in [9.17, 15) is 4.79 Å². The minimum absolute atomic E-state index is 0.239. The van der Waals surface area contributed by atoms with E-state index in [-0.39, 0.29) is 5.91 Å². The van der Waals surface area contributed by atoms with Gasteiger partial charge in [-0.05, 0) is 12.8 Å². The van der Waals surface area contributed by atoms with Crippen LogP contribution in [-0.4, -0.2) is 49.7 Å². The first-order valence-corrected chi connectivity index (χ1v) is 5.91. The van der Waals surface area contributed by atoms with E-state index in [0.29, 0.717) is 18.6 Å². The maximum Gasteiger partial charge on any atom is 0.236 e. The Morgan fingerprint density at radius 2 is 2.47 bits per heavy atom. The van der Waals surface area contributed by atoms with Gasteiger partial charge in [-0.1, -0.05) is 6.92 Å². The van der Waals surface area contributed by atoms with E-state index in [1.54, 1.807) is 0 Å². The molecule has 4 nitrogen and oxygen atoms in total. The lowest BCUT2D eigenvalue weighted by Gasteiger charge is -2.31. The van der Waals surface area contributed by atoms with Gasteiger partial charge in [0.1, 0.15) is 0 Å². The molecule has 2 rings (SSSR count). The summed E-state index contributed by atoms with van der Waals surface area (Å²) < 4.78 is 5.64. The van der Waals surface area contributed by atoms with Crippen LogP contribution in [0.5, 0.6) is 0 Å². The van der Waals surface area contributed by atoms with Gasteiger partial charge in [-0.2, -0.15) is 0 Å². The Morgan fingerprint density at radius 3 is 3.20 bits per heavy atom. The Kier molecular flexibility index (Phi) is 3.59. The molecule has 2 atom stereocenters. The summed E-state index contributed by atoms with van der Waals surface area (Å²) in [6.07, 6.45) is 2.54. The molecule has 0 aromatic rings. The molecule has 0 aromatic carbocycles. The minimum Gasteiger partial charge on any atom is -0.378 e. The molecule has 2 saturated heterocycles. The van der Waals surface area contributed by atoms with Crippen LogP contribution in [-0.2, 0) is 9.53 Å². The van der Waals surface area contributed by atoms with Gasteiger partial charge in [0.05, 0.1) is 12.6 Å². The van der Waals surface area contributed by atoms with Crippen molar-refractivity contribution >= 4 is 5.91 Å². The van der Waals surface area contributed by atoms with Crippen molar-refractivity contribution in [1.82, 2.24) is 10.2 Å². The highest BCUT2D eigenvalue weighted by molar-refractivity contribution is 5.78. The van der Waals surface area contributed by atoms with Crippen molar-refractivity contribution in [1.29, 1.82) is 0 Å². The summed E-state index contributed by atoms with van der Waals surface area (Å²) in [7, 11) is 0. The summed E-state index contributed by atoms with van der Waals surface area (Å²) in [5, 5.41) is 3.09. The second kappa shape index (κ2) is 4.94. The van der Waals surface area contributed by atoms with Gasteiger partial charge in [-0.15, -0.1) is 0 Å². The molecule has 0 saturated carbocycles. The molecule has 0 spiro atoms. The Labute approximate surface area is 91.0 Å². The smallest absolute Gasteiger partial charge is 0.236 e. The van der Waals surface area contributed by atoms with E-state index in [1.165, 1.54) is 0 Å². The van der Waals surface area contributed by atoms with Crippen molar-refractivity contribution in [2.45, 2.75) is 25.9 Å². The third-order valence-electron chi connectivity index (χ3n) is 3.39. The van der Waals surface area contributed by atoms with Crippen LogP contribution < -0.4 is 5.32 Å². The van der Waals surface area contributed by atoms with Crippen molar-refractivity contribution in [2.75, 3.05) is 32.8 Å². The highest BCUT2D eigenvalue weighted by Crippen LogP contribution is 2.24. The van der Waals surface area contributed by atoms with E-state index in [0.717, 1.165) is 39.1 Å². The minimum atomic E-state index is 0.239. The lowest BCUT2D eigenvalue weighted by molar-refractivity contribution is -0.132. The van der Waals surface area contributed by atoms with Gasteiger partial charge in [0.25, 0.3) is 0 Å². The molecule has 2 heterocycles. The molecule has 4 heteroatoms. The Morgan fingerprint density at radius 1 is 1.60 bits per heavy atom. The Hall–Kier alpha value is -0.610. The van der Waals surface area contributed by atoms with E-state index < -0.39 is 0 Å².